The highest BCUT2D eigenvalue weighted by atomic mass is 16.3. The predicted molar refractivity (Wildman–Crippen MR) is 185 cm³/mol. The van der Waals surface area contributed by atoms with E-state index >= 15 is 0 Å². The van der Waals surface area contributed by atoms with E-state index in [-0.39, 0.29) is 0 Å². The average molecular weight is 564 g/mol. The molecule has 0 saturated carbocycles. The van der Waals surface area contributed by atoms with Crippen LogP contribution in [0.15, 0.2) is 180 Å². The van der Waals surface area contributed by atoms with Gasteiger partial charge in [-0.2, -0.15) is 0 Å². The van der Waals surface area contributed by atoms with Gasteiger partial charge >= 0.3 is 0 Å². The van der Waals surface area contributed by atoms with Gasteiger partial charge in [0.15, 0.2) is 0 Å². The van der Waals surface area contributed by atoms with Gasteiger partial charge in [-0.15, -0.1) is 0 Å². The molecule has 1 aromatic heterocycles. The minimum atomic E-state index is 0.872. The van der Waals surface area contributed by atoms with Crippen LogP contribution in [0.4, 0.5) is 17.1 Å². The second-order valence-electron chi connectivity index (χ2n) is 11.0. The molecule has 1 heterocycles. The number of fused-ring (bicyclic) bond motifs is 2. The quantitative estimate of drug-likeness (QED) is 0.200. The summed E-state index contributed by atoms with van der Waals surface area (Å²) in [5.74, 6) is 0.872. The van der Waals surface area contributed by atoms with Crippen molar-refractivity contribution < 1.29 is 4.42 Å². The van der Waals surface area contributed by atoms with E-state index in [0.717, 1.165) is 50.5 Å². The molecule has 0 N–H and O–H groups in total. The molecule has 0 bridgehead atoms. The first-order valence-electron chi connectivity index (χ1n) is 14.9. The molecule has 8 aromatic rings. The van der Waals surface area contributed by atoms with E-state index in [9.17, 15) is 0 Å². The predicted octanol–water partition coefficient (Wildman–Crippen LogP) is 12.1. The molecule has 0 spiro atoms. The summed E-state index contributed by atoms with van der Waals surface area (Å²) in [7, 11) is 0. The van der Waals surface area contributed by atoms with Crippen molar-refractivity contribution in [2.24, 2.45) is 0 Å². The number of rotatable bonds is 6. The number of hydrogen-bond acceptors (Lipinski definition) is 2. The summed E-state index contributed by atoms with van der Waals surface area (Å²) in [6, 6.07) is 62.0. The van der Waals surface area contributed by atoms with Crippen molar-refractivity contribution in [3.05, 3.63) is 176 Å². The van der Waals surface area contributed by atoms with Gasteiger partial charge in [-0.3, -0.25) is 0 Å². The van der Waals surface area contributed by atoms with Crippen LogP contribution < -0.4 is 4.90 Å². The second-order valence-corrected chi connectivity index (χ2v) is 11.0. The Morgan fingerprint density at radius 1 is 0.386 bits per heavy atom. The lowest BCUT2D eigenvalue weighted by molar-refractivity contribution is 0.632. The van der Waals surface area contributed by atoms with Crippen LogP contribution in [-0.2, 0) is 0 Å². The van der Waals surface area contributed by atoms with Gasteiger partial charge in [0.2, 0.25) is 0 Å². The lowest BCUT2D eigenvalue weighted by Gasteiger charge is -2.27. The fourth-order valence-electron chi connectivity index (χ4n) is 6.19. The molecule has 208 valence electrons. The minimum absolute atomic E-state index is 0.872. The van der Waals surface area contributed by atoms with Crippen molar-refractivity contribution in [3.63, 3.8) is 0 Å². The maximum Gasteiger partial charge on any atom is 0.143 e. The Bertz CT molecular complexity index is 2210. The van der Waals surface area contributed by atoms with E-state index in [1.807, 2.05) is 12.1 Å². The molecule has 7 aromatic carbocycles. The van der Waals surface area contributed by atoms with E-state index in [4.69, 9.17) is 4.42 Å². The molecule has 2 nitrogen and oxygen atoms in total. The molecule has 0 atom stereocenters. The highest BCUT2D eigenvalue weighted by molar-refractivity contribution is 6.03. The maximum absolute atomic E-state index is 6.60. The Hall–Kier alpha value is -5.86. The van der Waals surface area contributed by atoms with E-state index in [1.54, 1.807) is 0 Å². The van der Waals surface area contributed by atoms with Crippen LogP contribution >= 0.6 is 0 Å². The summed E-state index contributed by atoms with van der Waals surface area (Å²) in [4.78, 5) is 2.35. The van der Waals surface area contributed by atoms with Gasteiger partial charge in [0.05, 0.1) is 5.69 Å². The van der Waals surface area contributed by atoms with Gasteiger partial charge in [-0.25, -0.2) is 0 Å². The summed E-state index contributed by atoms with van der Waals surface area (Å²) < 4.78 is 6.60. The van der Waals surface area contributed by atoms with Crippen LogP contribution in [0.1, 0.15) is 0 Å². The van der Waals surface area contributed by atoms with E-state index < -0.39 is 0 Å². The lowest BCUT2D eigenvalue weighted by Crippen LogP contribution is -2.10. The van der Waals surface area contributed by atoms with Gasteiger partial charge in [-0.1, -0.05) is 140 Å². The monoisotopic (exact) mass is 563 g/mol. The molecule has 0 fully saturated rings. The number of furan rings is 1. The van der Waals surface area contributed by atoms with Crippen molar-refractivity contribution in [1.29, 1.82) is 0 Å². The van der Waals surface area contributed by atoms with Crippen LogP contribution in [0, 0.1) is 0 Å². The summed E-state index contributed by atoms with van der Waals surface area (Å²) >= 11 is 0. The first-order valence-corrected chi connectivity index (χ1v) is 14.9. The van der Waals surface area contributed by atoms with Gasteiger partial charge in [0, 0.05) is 33.3 Å². The molecule has 2 heteroatoms. The fourth-order valence-corrected chi connectivity index (χ4v) is 6.19. The third-order valence-corrected chi connectivity index (χ3v) is 8.26. The molecular formula is C42H29NO. The second kappa shape index (κ2) is 11.1. The number of anilines is 3. The van der Waals surface area contributed by atoms with Crippen LogP contribution in [0.5, 0.6) is 0 Å². The molecule has 0 radical (unpaired) electrons. The number of benzene rings is 7. The van der Waals surface area contributed by atoms with Crippen molar-refractivity contribution in [1.82, 2.24) is 0 Å². The van der Waals surface area contributed by atoms with Crippen LogP contribution in [-0.4, -0.2) is 0 Å². The van der Waals surface area contributed by atoms with Gasteiger partial charge in [0.1, 0.15) is 11.3 Å². The summed E-state index contributed by atoms with van der Waals surface area (Å²) in [6.45, 7) is 0. The first kappa shape index (κ1) is 25.8. The largest absolute Gasteiger partial charge is 0.455 e. The van der Waals surface area contributed by atoms with Crippen LogP contribution in [0.25, 0.3) is 55.3 Å². The Morgan fingerprint density at radius 3 is 1.77 bits per heavy atom. The highest BCUT2D eigenvalue weighted by Crippen LogP contribution is 2.44. The summed E-state index contributed by atoms with van der Waals surface area (Å²) in [5, 5.41) is 3.51. The lowest BCUT2D eigenvalue weighted by atomic mass is 9.98. The molecule has 0 aliphatic carbocycles. The molecule has 0 aliphatic rings. The fraction of sp³-hybridized carbons (Fsp3) is 0. The van der Waals surface area contributed by atoms with Crippen molar-refractivity contribution in [2.45, 2.75) is 0 Å². The third-order valence-electron chi connectivity index (χ3n) is 8.26. The van der Waals surface area contributed by atoms with Crippen LogP contribution in [0.3, 0.4) is 0 Å². The molecule has 8 rings (SSSR count). The van der Waals surface area contributed by atoms with Gasteiger partial charge < -0.3 is 9.32 Å². The Kier molecular flexibility index (Phi) is 6.51. The first-order chi connectivity index (χ1) is 21.8. The summed E-state index contributed by atoms with van der Waals surface area (Å²) in [5.41, 5.74) is 9.84. The Balaban J connectivity index is 1.32. The topological polar surface area (TPSA) is 16.4 Å². The Labute approximate surface area is 257 Å². The average Bonchev–Trinajstić information content (AvgIpc) is 3.50. The third kappa shape index (κ3) is 4.63. The number of para-hydroxylation sites is 1. The minimum Gasteiger partial charge on any atom is -0.455 e. The van der Waals surface area contributed by atoms with Crippen molar-refractivity contribution in [3.8, 4) is 33.6 Å². The van der Waals surface area contributed by atoms with Crippen LogP contribution in [0.2, 0.25) is 0 Å². The SMILES string of the molecule is c1ccc(-c2ccc(N(c3cccc(-c4oc5ccccc5c4-c4ccccc4)c3)c3cccc4ccccc34)cc2)cc1. The normalized spacial score (nSPS) is 11.2. The van der Waals surface area contributed by atoms with E-state index in [1.165, 1.54) is 21.9 Å². The highest BCUT2D eigenvalue weighted by Gasteiger charge is 2.20. The molecular weight excluding hydrogens is 534 g/mol. The number of hydrogen-bond donors (Lipinski definition) is 0. The Morgan fingerprint density at radius 2 is 0.977 bits per heavy atom. The van der Waals surface area contributed by atoms with Gasteiger partial charge in [0.25, 0.3) is 0 Å². The molecule has 0 saturated heterocycles. The van der Waals surface area contributed by atoms with Crippen molar-refractivity contribution >= 4 is 38.8 Å². The summed E-state index contributed by atoms with van der Waals surface area (Å²) in [6.07, 6.45) is 0. The molecule has 0 aliphatic heterocycles. The maximum atomic E-state index is 6.60. The van der Waals surface area contributed by atoms with Gasteiger partial charge in [-0.05, 0) is 58.5 Å². The zero-order chi connectivity index (χ0) is 29.3. The smallest absolute Gasteiger partial charge is 0.143 e. The molecule has 0 amide bonds. The number of nitrogens with zero attached hydrogens (tertiary/aromatic N) is 1. The van der Waals surface area contributed by atoms with E-state index in [0.29, 0.717) is 0 Å². The van der Waals surface area contributed by atoms with E-state index in [2.05, 4.69) is 169 Å². The molecule has 44 heavy (non-hydrogen) atoms. The zero-order valence-electron chi connectivity index (χ0n) is 24.1. The van der Waals surface area contributed by atoms with Crippen molar-refractivity contribution in [2.75, 3.05) is 4.90 Å². The molecule has 0 unspecified atom stereocenters. The zero-order valence-corrected chi connectivity index (χ0v) is 24.1. The standard InChI is InChI=1S/C42H29NO/c1-3-13-30(14-4-1)31-25-27-35(28-26-31)43(39-23-12-18-32-15-7-8-21-37(32)39)36-20-11-19-34(29-36)42-41(33-16-5-2-6-17-33)38-22-9-10-24-40(38)44-42/h1-29H.